The molecule has 3 N–H and O–H groups in total. The molecule has 128 valence electrons. The van der Waals surface area contributed by atoms with Gasteiger partial charge in [0.05, 0.1) is 17.4 Å². The molecule has 23 heavy (non-hydrogen) atoms. The fourth-order valence-electron chi connectivity index (χ4n) is 2.60. The molecule has 2 rings (SSSR count). The van der Waals surface area contributed by atoms with Crippen LogP contribution in [-0.2, 0) is 14.6 Å². The van der Waals surface area contributed by atoms with Crippen molar-refractivity contribution in [3.05, 3.63) is 35.9 Å². The van der Waals surface area contributed by atoms with Gasteiger partial charge in [-0.3, -0.25) is 9.69 Å². The Bertz CT molecular complexity index is 605. The Hall–Kier alpha value is -1.44. The van der Waals surface area contributed by atoms with Gasteiger partial charge < -0.3 is 11.1 Å². The molecule has 1 saturated heterocycles. The largest absolute Gasteiger partial charge is 0.355 e. The minimum absolute atomic E-state index is 0.0778. The maximum atomic E-state index is 12.2. The van der Waals surface area contributed by atoms with Crippen LogP contribution in [0.3, 0.4) is 0 Å². The molecule has 1 fully saturated rings. The van der Waals surface area contributed by atoms with Gasteiger partial charge in [-0.1, -0.05) is 37.3 Å². The summed E-state index contributed by atoms with van der Waals surface area (Å²) in [6.07, 6.45) is 0. The molecular weight excluding hydrogens is 314 g/mol. The molecule has 0 saturated carbocycles. The Balaban J connectivity index is 1.74. The minimum atomic E-state index is -2.86. The molecule has 0 spiro atoms. The second kappa shape index (κ2) is 7.90. The first kappa shape index (κ1) is 17.9. The standard InChI is InChI=1S/C16H25N3O3S/c1-13(15(17)14-5-3-2-4-6-14)16(20)18-7-8-19-9-11-23(21,22)12-10-19/h2-6,13,15H,7-12,17H2,1H3,(H,18,20). The summed E-state index contributed by atoms with van der Waals surface area (Å²) in [5.74, 6) is 0.0111. The first-order chi connectivity index (χ1) is 10.9. The summed E-state index contributed by atoms with van der Waals surface area (Å²) in [5, 5.41) is 2.89. The number of nitrogens with one attached hydrogen (secondary N) is 1. The van der Waals surface area contributed by atoms with Gasteiger partial charge in [0.25, 0.3) is 0 Å². The molecule has 2 unspecified atom stereocenters. The lowest BCUT2D eigenvalue weighted by molar-refractivity contribution is -0.125. The highest BCUT2D eigenvalue weighted by molar-refractivity contribution is 7.91. The van der Waals surface area contributed by atoms with Gasteiger partial charge in [-0.25, -0.2) is 8.42 Å². The number of rotatable bonds is 6. The van der Waals surface area contributed by atoms with Gasteiger partial charge in [-0.2, -0.15) is 0 Å². The second-order valence-electron chi connectivity index (χ2n) is 6.01. The highest BCUT2D eigenvalue weighted by Crippen LogP contribution is 2.18. The van der Waals surface area contributed by atoms with Gasteiger partial charge >= 0.3 is 0 Å². The van der Waals surface area contributed by atoms with Crippen molar-refractivity contribution in [3.63, 3.8) is 0 Å². The van der Waals surface area contributed by atoms with Crippen molar-refractivity contribution < 1.29 is 13.2 Å². The molecule has 1 aliphatic rings. The Morgan fingerprint density at radius 3 is 2.48 bits per heavy atom. The predicted molar refractivity (Wildman–Crippen MR) is 90.6 cm³/mol. The van der Waals surface area contributed by atoms with Crippen LogP contribution < -0.4 is 11.1 Å². The van der Waals surface area contributed by atoms with Gasteiger partial charge in [0.15, 0.2) is 9.84 Å². The highest BCUT2D eigenvalue weighted by Gasteiger charge is 2.23. The minimum Gasteiger partial charge on any atom is -0.355 e. The van der Waals surface area contributed by atoms with Crippen LogP contribution in [0.4, 0.5) is 0 Å². The van der Waals surface area contributed by atoms with Crippen molar-refractivity contribution in [2.24, 2.45) is 11.7 Å². The first-order valence-electron chi connectivity index (χ1n) is 7.90. The van der Waals surface area contributed by atoms with E-state index in [0.29, 0.717) is 26.2 Å². The zero-order chi connectivity index (χ0) is 16.9. The predicted octanol–water partition coefficient (Wildman–Crippen LogP) is 0.169. The number of carbonyl (C=O) groups is 1. The van der Waals surface area contributed by atoms with E-state index in [9.17, 15) is 13.2 Å². The SMILES string of the molecule is CC(C(=O)NCCN1CCS(=O)(=O)CC1)C(N)c1ccccc1. The Labute approximate surface area is 138 Å². The van der Waals surface area contributed by atoms with E-state index >= 15 is 0 Å². The number of amides is 1. The van der Waals surface area contributed by atoms with E-state index in [1.807, 2.05) is 37.3 Å². The first-order valence-corrected chi connectivity index (χ1v) is 9.72. The van der Waals surface area contributed by atoms with Crippen LogP contribution in [0.25, 0.3) is 0 Å². The Morgan fingerprint density at radius 1 is 1.26 bits per heavy atom. The zero-order valence-corrected chi connectivity index (χ0v) is 14.3. The number of sulfone groups is 1. The van der Waals surface area contributed by atoms with E-state index < -0.39 is 9.84 Å². The summed E-state index contributed by atoms with van der Waals surface area (Å²) in [6, 6.07) is 9.23. The van der Waals surface area contributed by atoms with Crippen molar-refractivity contribution in [1.82, 2.24) is 10.2 Å². The summed E-state index contributed by atoms with van der Waals surface area (Å²) in [6.45, 7) is 4.06. The third-order valence-corrected chi connectivity index (χ3v) is 5.91. The Kier molecular flexibility index (Phi) is 6.15. The van der Waals surface area contributed by atoms with Crippen molar-refractivity contribution in [3.8, 4) is 0 Å². The third-order valence-electron chi connectivity index (χ3n) is 4.30. The van der Waals surface area contributed by atoms with E-state index in [4.69, 9.17) is 5.73 Å². The second-order valence-corrected chi connectivity index (χ2v) is 8.31. The number of nitrogens with zero attached hydrogens (tertiary/aromatic N) is 1. The Morgan fingerprint density at radius 2 is 1.87 bits per heavy atom. The molecular formula is C16H25N3O3S. The molecule has 1 aliphatic heterocycles. The number of nitrogens with two attached hydrogens (primary N) is 1. The number of hydrogen-bond donors (Lipinski definition) is 2. The summed E-state index contributed by atoms with van der Waals surface area (Å²) < 4.78 is 22.7. The van der Waals surface area contributed by atoms with Crippen molar-refractivity contribution >= 4 is 15.7 Å². The van der Waals surface area contributed by atoms with Gasteiger partial charge in [0, 0.05) is 32.2 Å². The van der Waals surface area contributed by atoms with Gasteiger partial charge in [-0.05, 0) is 5.56 Å². The molecule has 6 nitrogen and oxygen atoms in total. The molecule has 1 amide bonds. The van der Waals surface area contributed by atoms with Crippen LogP contribution >= 0.6 is 0 Å². The van der Waals surface area contributed by atoms with Gasteiger partial charge in [-0.15, -0.1) is 0 Å². The zero-order valence-electron chi connectivity index (χ0n) is 13.4. The normalized spacial score (nSPS) is 20.6. The van der Waals surface area contributed by atoms with Crippen molar-refractivity contribution in [2.45, 2.75) is 13.0 Å². The number of benzene rings is 1. The van der Waals surface area contributed by atoms with E-state index in [1.165, 1.54) is 0 Å². The lowest BCUT2D eigenvalue weighted by Gasteiger charge is -2.27. The van der Waals surface area contributed by atoms with E-state index in [-0.39, 0.29) is 29.4 Å². The van der Waals surface area contributed by atoms with E-state index in [0.717, 1.165) is 5.56 Å². The lowest BCUT2D eigenvalue weighted by atomic mass is 9.95. The van der Waals surface area contributed by atoms with E-state index in [2.05, 4.69) is 10.2 Å². The fraction of sp³-hybridized carbons (Fsp3) is 0.562. The van der Waals surface area contributed by atoms with Crippen molar-refractivity contribution in [2.75, 3.05) is 37.7 Å². The van der Waals surface area contributed by atoms with Crippen LogP contribution in [0.1, 0.15) is 18.5 Å². The van der Waals surface area contributed by atoms with Crippen LogP contribution in [0.15, 0.2) is 30.3 Å². The molecule has 0 aromatic heterocycles. The van der Waals surface area contributed by atoms with Crippen LogP contribution in [0.5, 0.6) is 0 Å². The molecule has 0 bridgehead atoms. The van der Waals surface area contributed by atoms with Crippen LogP contribution in [-0.4, -0.2) is 56.9 Å². The summed E-state index contributed by atoms with van der Waals surface area (Å²) in [4.78, 5) is 14.3. The fourth-order valence-corrected chi connectivity index (χ4v) is 3.88. The van der Waals surface area contributed by atoms with Crippen molar-refractivity contribution in [1.29, 1.82) is 0 Å². The molecule has 1 aromatic rings. The average Bonchev–Trinajstić information content (AvgIpc) is 2.55. The molecule has 7 heteroatoms. The number of carbonyl (C=O) groups excluding carboxylic acids is 1. The van der Waals surface area contributed by atoms with Crippen LogP contribution in [0, 0.1) is 5.92 Å². The lowest BCUT2D eigenvalue weighted by Crippen LogP contribution is -2.45. The molecule has 2 atom stereocenters. The van der Waals surface area contributed by atoms with Gasteiger partial charge in [0.2, 0.25) is 5.91 Å². The molecule has 1 heterocycles. The third kappa shape index (κ3) is 5.30. The van der Waals surface area contributed by atoms with Gasteiger partial charge in [0.1, 0.15) is 0 Å². The van der Waals surface area contributed by atoms with Crippen LogP contribution in [0.2, 0.25) is 0 Å². The summed E-state index contributed by atoms with van der Waals surface area (Å²) in [7, 11) is -2.86. The quantitative estimate of drug-likeness (QED) is 0.771. The topological polar surface area (TPSA) is 92.5 Å². The highest BCUT2D eigenvalue weighted by atomic mass is 32.2. The maximum Gasteiger partial charge on any atom is 0.224 e. The average molecular weight is 339 g/mol. The summed E-state index contributed by atoms with van der Waals surface area (Å²) in [5.41, 5.74) is 7.09. The molecule has 0 aliphatic carbocycles. The monoisotopic (exact) mass is 339 g/mol. The smallest absolute Gasteiger partial charge is 0.224 e. The number of hydrogen-bond acceptors (Lipinski definition) is 5. The molecule has 0 radical (unpaired) electrons. The maximum absolute atomic E-state index is 12.2. The van der Waals surface area contributed by atoms with E-state index in [1.54, 1.807) is 0 Å². The summed E-state index contributed by atoms with van der Waals surface area (Å²) >= 11 is 0. The molecule has 1 aromatic carbocycles.